The number of carbonyl (C=O) groups is 1. The van der Waals surface area contributed by atoms with Crippen molar-refractivity contribution in [1.82, 2.24) is 5.16 Å². The van der Waals surface area contributed by atoms with E-state index in [2.05, 4.69) is 12.1 Å². The van der Waals surface area contributed by atoms with Crippen molar-refractivity contribution in [3.05, 3.63) is 35.3 Å². The summed E-state index contributed by atoms with van der Waals surface area (Å²) in [5, 5.41) is 4.14. The van der Waals surface area contributed by atoms with E-state index in [9.17, 15) is 17.6 Å². The Kier molecular flexibility index (Phi) is 9.49. The molecule has 2 aromatic rings. The largest absolute Gasteiger partial charge is 0.459 e. The van der Waals surface area contributed by atoms with Gasteiger partial charge in [-0.1, -0.05) is 24.9 Å². The maximum atomic E-state index is 14.8. The minimum atomic E-state index is -3.52. The standard InChI is InChI=1S/C29H40FNO7S/c1-5-20-16-35-17-21(9-7-6-8-10-26(32)37-29(3)13-14-29)28(20)36-18-25-19(2)27(38-31-25)23-12-11-22(15-24(23)30)39(4,33)34/h11-12,15,20-21,28H,5-10,13-14,16-18H2,1-4H3. The first-order chi connectivity index (χ1) is 18.5. The van der Waals surface area contributed by atoms with E-state index < -0.39 is 15.7 Å². The number of ether oxygens (including phenoxy) is 3. The predicted molar refractivity (Wildman–Crippen MR) is 143 cm³/mol. The molecule has 39 heavy (non-hydrogen) atoms. The van der Waals surface area contributed by atoms with Gasteiger partial charge in [-0.2, -0.15) is 0 Å². The molecular formula is C29H40FNO7S. The lowest BCUT2D eigenvalue weighted by atomic mass is 9.84. The Morgan fingerprint density at radius 2 is 1.92 bits per heavy atom. The molecule has 0 radical (unpaired) electrons. The molecule has 3 unspecified atom stereocenters. The number of esters is 1. The number of hydrogen-bond donors (Lipinski definition) is 0. The van der Waals surface area contributed by atoms with Crippen molar-refractivity contribution in [2.45, 2.75) is 95.3 Å². The molecule has 1 aromatic carbocycles. The molecule has 1 aromatic heterocycles. The van der Waals surface area contributed by atoms with Crippen LogP contribution in [0.25, 0.3) is 11.3 Å². The van der Waals surface area contributed by atoms with Gasteiger partial charge in [0.1, 0.15) is 17.1 Å². The van der Waals surface area contributed by atoms with Gasteiger partial charge in [-0.05, 0) is 64.2 Å². The van der Waals surface area contributed by atoms with Gasteiger partial charge in [0.05, 0.1) is 36.4 Å². The minimum absolute atomic E-state index is 0.00568. The highest BCUT2D eigenvalue weighted by molar-refractivity contribution is 7.90. The van der Waals surface area contributed by atoms with Crippen LogP contribution in [0.3, 0.4) is 0 Å². The van der Waals surface area contributed by atoms with E-state index in [0.29, 0.717) is 30.9 Å². The molecular weight excluding hydrogens is 525 g/mol. The number of aromatic nitrogens is 1. The molecule has 0 amide bonds. The Morgan fingerprint density at radius 1 is 1.18 bits per heavy atom. The highest BCUT2D eigenvalue weighted by atomic mass is 32.2. The molecule has 10 heteroatoms. The fourth-order valence-electron chi connectivity index (χ4n) is 5.11. The molecule has 2 aliphatic rings. The Morgan fingerprint density at radius 3 is 2.59 bits per heavy atom. The zero-order chi connectivity index (χ0) is 28.2. The van der Waals surface area contributed by atoms with Crippen molar-refractivity contribution < 1.29 is 36.3 Å². The summed E-state index contributed by atoms with van der Waals surface area (Å²) in [6.07, 6.45) is 8.02. The summed E-state index contributed by atoms with van der Waals surface area (Å²) in [6.45, 7) is 7.39. The highest BCUT2D eigenvalue weighted by Gasteiger charge is 2.41. The first-order valence-corrected chi connectivity index (χ1v) is 15.8. The van der Waals surface area contributed by atoms with Crippen LogP contribution >= 0.6 is 0 Å². The first kappa shape index (κ1) is 29.7. The lowest BCUT2D eigenvalue weighted by Crippen LogP contribution is -2.41. The number of benzene rings is 1. The fourth-order valence-corrected chi connectivity index (χ4v) is 5.74. The van der Waals surface area contributed by atoms with Crippen LogP contribution in [0.15, 0.2) is 27.6 Å². The van der Waals surface area contributed by atoms with Crippen LogP contribution < -0.4 is 0 Å². The Hall–Kier alpha value is -2.30. The van der Waals surface area contributed by atoms with Crippen molar-refractivity contribution in [3.8, 4) is 11.3 Å². The Balaban J connectivity index is 1.33. The summed E-state index contributed by atoms with van der Waals surface area (Å²) in [5.41, 5.74) is 1.18. The molecule has 1 saturated heterocycles. The summed E-state index contributed by atoms with van der Waals surface area (Å²) >= 11 is 0. The molecule has 0 spiro atoms. The van der Waals surface area contributed by atoms with Gasteiger partial charge in [-0.25, -0.2) is 12.8 Å². The van der Waals surface area contributed by atoms with Gasteiger partial charge in [0.2, 0.25) is 0 Å². The average Bonchev–Trinajstić information content (AvgIpc) is 3.50. The van der Waals surface area contributed by atoms with Crippen molar-refractivity contribution in [2.75, 3.05) is 19.5 Å². The van der Waals surface area contributed by atoms with Crippen LogP contribution in [0.5, 0.6) is 0 Å². The molecule has 0 bridgehead atoms. The normalized spacial score (nSPS) is 22.5. The number of carbonyl (C=O) groups excluding carboxylic acids is 1. The zero-order valence-electron chi connectivity index (χ0n) is 23.3. The molecule has 2 fully saturated rings. The maximum Gasteiger partial charge on any atom is 0.306 e. The van der Waals surface area contributed by atoms with E-state index in [-0.39, 0.29) is 52.3 Å². The number of unbranched alkanes of at least 4 members (excludes halogenated alkanes) is 2. The van der Waals surface area contributed by atoms with E-state index >= 15 is 0 Å². The summed E-state index contributed by atoms with van der Waals surface area (Å²) in [5.74, 6) is -0.0395. The third-order valence-corrected chi connectivity index (χ3v) is 9.04. The summed E-state index contributed by atoms with van der Waals surface area (Å²) in [7, 11) is -3.52. The average molecular weight is 566 g/mol. The van der Waals surface area contributed by atoms with Crippen molar-refractivity contribution in [1.29, 1.82) is 0 Å². The topological polar surface area (TPSA) is 105 Å². The quantitative estimate of drug-likeness (QED) is 0.222. The second-order valence-corrected chi connectivity index (χ2v) is 13.3. The smallest absolute Gasteiger partial charge is 0.306 e. The van der Waals surface area contributed by atoms with E-state index in [1.165, 1.54) is 12.1 Å². The molecule has 216 valence electrons. The second kappa shape index (κ2) is 12.5. The predicted octanol–water partition coefficient (Wildman–Crippen LogP) is 5.80. The van der Waals surface area contributed by atoms with Gasteiger partial charge in [0, 0.05) is 30.1 Å². The molecule has 1 saturated carbocycles. The number of halogens is 1. The SMILES string of the molecule is CCC1COCC(CCCCCC(=O)OC2(C)CC2)C1OCc1noc(-c2ccc(S(C)(=O)=O)cc2F)c1C. The van der Waals surface area contributed by atoms with Gasteiger partial charge in [-0.3, -0.25) is 4.79 Å². The number of hydrogen-bond acceptors (Lipinski definition) is 8. The molecule has 4 rings (SSSR count). The molecule has 1 aliphatic heterocycles. The number of sulfone groups is 1. The van der Waals surface area contributed by atoms with Crippen molar-refractivity contribution in [3.63, 3.8) is 0 Å². The van der Waals surface area contributed by atoms with Gasteiger partial charge in [-0.15, -0.1) is 0 Å². The van der Waals surface area contributed by atoms with Crippen molar-refractivity contribution >= 4 is 15.8 Å². The monoisotopic (exact) mass is 565 g/mol. The second-order valence-electron chi connectivity index (χ2n) is 11.3. The molecule has 8 nitrogen and oxygen atoms in total. The van der Waals surface area contributed by atoms with Crippen LogP contribution in [0.2, 0.25) is 0 Å². The van der Waals surface area contributed by atoms with E-state index in [4.69, 9.17) is 18.7 Å². The maximum absolute atomic E-state index is 14.8. The van der Waals surface area contributed by atoms with E-state index in [1.807, 2.05) is 6.92 Å². The summed E-state index contributed by atoms with van der Waals surface area (Å²) < 4.78 is 61.5. The van der Waals surface area contributed by atoms with Gasteiger partial charge in [0.15, 0.2) is 15.6 Å². The van der Waals surface area contributed by atoms with Crippen molar-refractivity contribution in [2.24, 2.45) is 11.8 Å². The van der Waals surface area contributed by atoms with Crippen LogP contribution in [0.1, 0.15) is 76.5 Å². The van der Waals surface area contributed by atoms with Crippen LogP contribution in [0, 0.1) is 24.6 Å². The lowest BCUT2D eigenvalue weighted by Gasteiger charge is -2.37. The minimum Gasteiger partial charge on any atom is -0.459 e. The van der Waals surface area contributed by atoms with Gasteiger partial charge in [0.25, 0.3) is 0 Å². The Labute approximate surface area is 230 Å². The number of rotatable bonds is 13. The van der Waals surface area contributed by atoms with E-state index in [0.717, 1.165) is 57.3 Å². The molecule has 1 aliphatic carbocycles. The molecule has 0 N–H and O–H groups in total. The zero-order valence-corrected chi connectivity index (χ0v) is 24.1. The number of nitrogens with zero attached hydrogens (tertiary/aromatic N) is 1. The lowest BCUT2D eigenvalue weighted by molar-refractivity contribution is -0.150. The Bertz CT molecular complexity index is 1250. The highest BCUT2D eigenvalue weighted by Crippen LogP contribution is 2.39. The molecule has 3 atom stereocenters. The van der Waals surface area contributed by atoms with Crippen LogP contribution in [-0.2, 0) is 35.4 Å². The van der Waals surface area contributed by atoms with E-state index in [1.54, 1.807) is 6.92 Å². The molecule has 2 heterocycles. The van der Waals surface area contributed by atoms with Gasteiger partial charge < -0.3 is 18.7 Å². The third-order valence-electron chi connectivity index (χ3n) is 7.93. The van der Waals surface area contributed by atoms with Crippen LogP contribution in [-0.4, -0.2) is 50.7 Å². The summed E-state index contributed by atoms with van der Waals surface area (Å²) in [4.78, 5) is 11.9. The first-order valence-electron chi connectivity index (χ1n) is 13.9. The third kappa shape index (κ3) is 7.67. The summed E-state index contributed by atoms with van der Waals surface area (Å²) in [6, 6.07) is 3.76. The fraction of sp³-hybridized carbons (Fsp3) is 0.655. The van der Waals surface area contributed by atoms with Crippen LogP contribution in [0.4, 0.5) is 4.39 Å². The van der Waals surface area contributed by atoms with Gasteiger partial charge >= 0.3 is 5.97 Å².